The number of anilines is 3. The Labute approximate surface area is 270 Å². The highest BCUT2D eigenvalue weighted by molar-refractivity contribution is 6.21. The van der Waals surface area contributed by atoms with Crippen LogP contribution in [0, 0.1) is 0 Å². The fraction of sp³-hybridized carbons (Fsp3) is 0. The Bertz CT molecular complexity index is 2820. The number of benzene rings is 8. The summed E-state index contributed by atoms with van der Waals surface area (Å²) < 4.78 is 13.1. The summed E-state index contributed by atoms with van der Waals surface area (Å²) in [6, 6.07) is 57.8. The van der Waals surface area contributed by atoms with Gasteiger partial charge >= 0.3 is 0 Å². The van der Waals surface area contributed by atoms with Gasteiger partial charge in [-0.1, -0.05) is 115 Å². The second kappa shape index (κ2) is 10.1. The number of furan rings is 2. The lowest BCUT2D eigenvalue weighted by molar-refractivity contribution is 0.669. The van der Waals surface area contributed by atoms with Crippen LogP contribution in [0.5, 0.6) is 0 Å². The molecular formula is C44H27NO2. The zero-order valence-electron chi connectivity index (χ0n) is 25.4. The van der Waals surface area contributed by atoms with Crippen LogP contribution in [0.15, 0.2) is 173 Å². The molecule has 0 fully saturated rings. The molecule has 3 heteroatoms. The topological polar surface area (TPSA) is 29.5 Å². The summed E-state index contributed by atoms with van der Waals surface area (Å²) in [4.78, 5) is 2.38. The summed E-state index contributed by atoms with van der Waals surface area (Å²) in [5, 5.41) is 9.06. The lowest BCUT2D eigenvalue weighted by Crippen LogP contribution is -2.11. The highest BCUT2D eigenvalue weighted by Gasteiger charge is 2.24. The third-order valence-corrected chi connectivity index (χ3v) is 9.43. The second-order valence-corrected chi connectivity index (χ2v) is 12.1. The predicted octanol–water partition coefficient (Wildman–Crippen LogP) is 12.9. The van der Waals surface area contributed by atoms with E-state index >= 15 is 0 Å². The molecule has 0 aliphatic heterocycles. The van der Waals surface area contributed by atoms with Gasteiger partial charge in [-0.15, -0.1) is 0 Å². The first kappa shape index (κ1) is 26.0. The molecule has 47 heavy (non-hydrogen) atoms. The van der Waals surface area contributed by atoms with Crippen molar-refractivity contribution in [1.82, 2.24) is 0 Å². The van der Waals surface area contributed by atoms with Crippen molar-refractivity contribution in [3.05, 3.63) is 164 Å². The molecule has 3 nitrogen and oxygen atoms in total. The average molecular weight is 602 g/mol. The van der Waals surface area contributed by atoms with E-state index in [9.17, 15) is 0 Å². The van der Waals surface area contributed by atoms with E-state index in [0.717, 1.165) is 77.3 Å². The number of para-hydroxylation sites is 1. The fourth-order valence-electron chi connectivity index (χ4n) is 7.36. The first-order valence-electron chi connectivity index (χ1n) is 15.9. The van der Waals surface area contributed by atoms with E-state index in [1.807, 2.05) is 12.1 Å². The molecule has 0 aliphatic rings. The van der Waals surface area contributed by atoms with Gasteiger partial charge in [0.25, 0.3) is 0 Å². The van der Waals surface area contributed by atoms with Gasteiger partial charge in [0.15, 0.2) is 0 Å². The van der Waals surface area contributed by atoms with Gasteiger partial charge in [0.2, 0.25) is 0 Å². The molecule has 0 radical (unpaired) electrons. The predicted molar refractivity (Wildman–Crippen MR) is 196 cm³/mol. The normalized spacial score (nSPS) is 11.8. The van der Waals surface area contributed by atoms with Crippen LogP contribution in [0.1, 0.15) is 0 Å². The maximum absolute atomic E-state index is 6.67. The molecule has 2 aromatic heterocycles. The first-order valence-corrected chi connectivity index (χ1v) is 15.9. The molecule has 0 atom stereocenters. The SMILES string of the molecule is c1cc(-c2cccc3ccccc23)cc(N(c2cccc3oc4ccccc4c23)c2cccc3oc4c5ccccc5ccc4c23)c1. The van der Waals surface area contributed by atoms with Crippen LogP contribution in [0.3, 0.4) is 0 Å². The van der Waals surface area contributed by atoms with Crippen LogP contribution in [0.25, 0.3) is 76.5 Å². The lowest BCUT2D eigenvalue weighted by Gasteiger charge is -2.27. The maximum atomic E-state index is 6.67. The minimum atomic E-state index is 0.855. The third kappa shape index (κ3) is 3.93. The minimum absolute atomic E-state index is 0.855. The number of fused-ring (bicyclic) bond motifs is 9. The zero-order chi connectivity index (χ0) is 30.9. The standard InChI is InChI=1S/C44H27NO2/c1-3-16-32-28(11-1)13-8-19-33(32)30-14-7-15-31(27-30)45(37-20-9-23-40-42(37)35-18-5-6-22-39(35)46-40)38-21-10-24-41-43(38)36-26-25-29-12-2-4-17-34(29)44(36)47-41/h1-27H. The fourth-order valence-corrected chi connectivity index (χ4v) is 7.36. The molecule has 0 saturated carbocycles. The molecule has 0 saturated heterocycles. The van der Waals surface area contributed by atoms with Gasteiger partial charge in [0, 0.05) is 21.8 Å². The monoisotopic (exact) mass is 601 g/mol. The molecule has 0 aliphatic carbocycles. The largest absolute Gasteiger partial charge is 0.456 e. The Kier molecular flexibility index (Phi) is 5.57. The summed E-state index contributed by atoms with van der Waals surface area (Å²) in [5.74, 6) is 0. The molecule has 0 N–H and O–H groups in total. The smallest absolute Gasteiger partial charge is 0.143 e. The van der Waals surface area contributed by atoms with E-state index in [4.69, 9.17) is 8.83 Å². The van der Waals surface area contributed by atoms with E-state index in [1.54, 1.807) is 0 Å². The van der Waals surface area contributed by atoms with Crippen molar-refractivity contribution in [2.75, 3.05) is 4.90 Å². The molecular weight excluding hydrogens is 574 g/mol. The van der Waals surface area contributed by atoms with E-state index in [2.05, 4.69) is 157 Å². The van der Waals surface area contributed by atoms with Crippen LogP contribution >= 0.6 is 0 Å². The molecule has 10 aromatic rings. The van der Waals surface area contributed by atoms with Gasteiger partial charge in [-0.25, -0.2) is 0 Å². The van der Waals surface area contributed by atoms with Crippen molar-refractivity contribution in [3.63, 3.8) is 0 Å². The van der Waals surface area contributed by atoms with Crippen molar-refractivity contribution in [3.8, 4) is 11.1 Å². The van der Waals surface area contributed by atoms with Crippen molar-refractivity contribution < 1.29 is 8.83 Å². The molecule has 8 aromatic carbocycles. The Morgan fingerprint density at radius 2 is 0.979 bits per heavy atom. The van der Waals surface area contributed by atoms with E-state index in [-0.39, 0.29) is 0 Å². The van der Waals surface area contributed by atoms with Crippen molar-refractivity contribution in [1.29, 1.82) is 0 Å². The van der Waals surface area contributed by atoms with Crippen LogP contribution in [-0.4, -0.2) is 0 Å². The van der Waals surface area contributed by atoms with Gasteiger partial charge in [0.1, 0.15) is 22.3 Å². The van der Waals surface area contributed by atoms with Gasteiger partial charge in [-0.05, 0) is 75.8 Å². The van der Waals surface area contributed by atoms with Crippen LogP contribution in [-0.2, 0) is 0 Å². The van der Waals surface area contributed by atoms with Crippen LogP contribution < -0.4 is 4.90 Å². The van der Waals surface area contributed by atoms with Crippen LogP contribution in [0.2, 0.25) is 0 Å². The number of hydrogen-bond donors (Lipinski definition) is 0. The minimum Gasteiger partial charge on any atom is -0.456 e. The quantitative estimate of drug-likeness (QED) is 0.201. The third-order valence-electron chi connectivity index (χ3n) is 9.43. The van der Waals surface area contributed by atoms with Gasteiger partial charge < -0.3 is 13.7 Å². The van der Waals surface area contributed by atoms with Crippen molar-refractivity contribution >= 4 is 82.5 Å². The highest BCUT2D eigenvalue weighted by Crippen LogP contribution is 2.48. The summed E-state index contributed by atoms with van der Waals surface area (Å²) >= 11 is 0. The summed E-state index contributed by atoms with van der Waals surface area (Å²) in [6.07, 6.45) is 0. The second-order valence-electron chi connectivity index (χ2n) is 12.1. The average Bonchev–Trinajstić information content (AvgIpc) is 3.71. The van der Waals surface area contributed by atoms with E-state index in [0.29, 0.717) is 0 Å². The summed E-state index contributed by atoms with van der Waals surface area (Å²) in [6.45, 7) is 0. The number of nitrogens with zero attached hydrogens (tertiary/aromatic N) is 1. The molecule has 0 spiro atoms. The number of hydrogen-bond acceptors (Lipinski definition) is 3. The number of rotatable bonds is 4. The molecule has 220 valence electrons. The van der Waals surface area contributed by atoms with Gasteiger partial charge in [-0.3, -0.25) is 0 Å². The van der Waals surface area contributed by atoms with Gasteiger partial charge in [0.05, 0.1) is 22.1 Å². The first-order chi connectivity index (χ1) is 23.3. The lowest BCUT2D eigenvalue weighted by atomic mass is 9.97. The molecule has 2 heterocycles. The highest BCUT2D eigenvalue weighted by atomic mass is 16.3. The molecule has 0 unspecified atom stereocenters. The van der Waals surface area contributed by atoms with Crippen LogP contribution in [0.4, 0.5) is 17.1 Å². The molecule has 10 rings (SSSR count). The van der Waals surface area contributed by atoms with Gasteiger partial charge in [-0.2, -0.15) is 0 Å². The zero-order valence-corrected chi connectivity index (χ0v) is 25.4. The Hall–Kier alpha value is -6.32. The van der Waals surface area contributed by atoms with E-state index in [1.165, 1.54) is 16.3 Å². The van der Waals surface area contributed by atoms with Crippen molar-refractivity contribution in [2.24, 2.45) is 0 Å². The Morgan fingerprint density at radius 1 is 0.383 bits per heavy atom. The van der Waals surface area contributed by atoms with Crippen molar-refractivity contribution in [2.45, 2.75) is 0 Å². The Balaban J connectivity index is 1.30. The molecule has 0 amide bonds. The maximum Gasteiger partial charge on any atom is 0.143 e. The molecule has 0 bridgehead atoms. The summed E-state index contributed by atoms with van der Waals surface area (Å²) in [7, 11) is 0. The van der Waals surface area contributed by atoms with E-state index < -0.39 is 0 Å². The Morgan fingerprint density at radius 3 is 1.81 bits per heavy atom. The summed E-state index contributed by atoms with van der Waals surface area (Å²) in [5.41, 5.74) is 8.99.